The van der Waals surface area contributed by atoms with E-state index in [9.17, 15) is 4.79 Å². The molecule has 5 nitrogen and oxygen atoms in total. The first-order valence-corrected chi connectivity index (χ1v) is 9.69. The minimum atomic E-state index is 0.121. The van der Waals surface area contributed by atoms with E-state index in [1.54, 1.807) is 7.11 Å². The van der Waals surface area contributed by atoms with Gasteiger partial charge < -0.3 is 9.64 Å². The molecule has 1 aliphatic rings. The molecule has 5 heteroatoms. The summed E-state index contributed by atoms with van der Waals surface area (Å²) in [4.78, 5) is 14.7. The summed E-state index contributed by atoms with van der Waals surface area (Å²) in [5.74, 6) is 1.32. The van der Waals surface area contributed by atoms with Crippen molar-refractivity contribution >= 4 is 5.91 Å². The first-order chi connectivity index (χ1) is 13.7. The number of aromatic nitrogens is 2. The highest BCUT2D eigenvalue weighted by Crippen LogP contribution is 2.35. The van der Waals surface area contributed by atoms with E-state index in [-0.39, 0.29) is 5.91 Å². The highest BCUT2D eigenvalue weighted by atomic mass is 16.5. The smallest absolute Gasteiger partial charge is 0.253 e. The van der Waals surface area contributed by atoms with Gasteiger partial charge in [0.15, 0.2) is 0 Å². The number of ether oxygens (including phenoxy) is 1. The molecule has 28 heavy (non-hydrogen) atoms. The number of nitrogens with one attached hydrogen (secondary N) is 1. The van der Waals surface area contributed by atoms with Gasteiger partial charge in [-0.05, 0) is 49.6 Å². The van der Waals surface area contributed by atoms with Crippen LogP contribution in [0.4, 0.5) is 0 Å². The molecule has 4 rings (SSSR count). The van der Waals surface area contributed by atoms with Crippen molar-refractivity contribution in [2.75, 3.05) is 20.2 Å². The van der Waals surface area contributed by atoms with Crippen LogP contribution in [0.25, 0.3) is 11.1 Å². The molecule has 0 spiro atoms. The number of amides is 1. The predicted molar refractivity (Wildman–Crippen MR) is 110 cm³/mol. The Kier molecular flexibility index (Phi) is 5.15. The number of likely N-dealkylation sites (tertiary alicyclic amines) is 1. The molecular weight excluding hydrogens is 350 g/mol. The Morgan fingerprint density at radius 2 is 1.89 bits per heavy atom. The maximum atomic E-state index is 12.8. The Hall–Kier alpha value is -3.08. The first kappa shape index (κ1) is 18.3. The lowest BCUT2D eigenvalue weighted by Crippen LogP contribution is -2.38. The Morgan fingerprint density at radius 1 is 1.14 bits per heavy atom. The van der Waals surface area contributed by atoms with Gasteiger partial charge >= 0.3 is 0 Å². The van der Waals surface area contributed by atoms with Crippen LogP contribution in [0.5, 0.6) is 5.75 Å². The molecular formula is C23H25N3O2. The third-order valence-corrected chi connectivity index (χ3v) is 5.54. The van der Waals surface area contributed by atoms with Gasteiger partial charge in [-0.3, -0.25) is 9.89 Å². The zero-order valence-corrected chi connectivity index (χ0v) is 16.3. The van der Waals surface area contributed by atoms with E-state index in [0.717, 1.165) is 54.1 Å². The molecule has 0 unspecified atom stereocenters. The predicted octanol–water partition coefficient (Wildman–Crippen LogP) is 4.41. The Labute approximate surface area is 165 Å². The van der Waals surface area contributed by atoms with Crippen molar-refractivity contribution in [3.8, 4) is 16.9 Å². The van der Waals surface area contributed by atoms with Gasteiger partial charge in [0.05, 0.1) is 13.3 Å². The molecule has 144 valence electrons. The number of nitrogens with zero attached hydrogens (tertiary/aromatic N) is 2. The summed E-state index contributed by atoms with van der Waals surface area (Å²) < 4.78 is 5.35. The van der Waals surface area contributed by atoms with Gasteiger partial charge in [0.2, 0.25) is 0 Å². The standard InChI is InChI=1S/C23H25N3O2/c1-16-6-8-18(9-7-16)23(27)26-12-10-17(11-13-26)22-21(15-24-25-22)19-4-3-5-20(14-19)28-2/h3-9,14-15,17H,10-13H2,1-2H3,(H,24,25). The molecule has 0 atom stereocenters. The highest BCUT2D eigenvalue weighted by molar-refractivity contribution is 5.94. The fourth-order valence-electron chi connectivity index (χ4n) is 3.88. The summed E-state index contributed by atoms with van der Waals surface area (Å²) in [7, 11) is 1.68. The van der Waals surface area contributed by atoms with E-state index in [1.807, 2.05) is 60.5 Å². The van der Waals surface area contributed by atoms with Gasteiger partial charge in [0.25, 0.3) is 5.91 Å². The summed E-state index contributed by atoms with van der Waals surface area (Å²) in [6, 6.07) is 15.9. The minimum Gasteiger partial charge on any atom is -0.497 e. The topological polar surface area (TPSA) is 58.2 Å². The molecule has 1 fully saturated rings. The van der Waals surface area contributed by atoms with Crippen molar-refractivity contribution in [3.05, 3.63) is 71.5 Å². The highest BCUT2D eigenvalue weighted by Gasteiger charge is 2.27. The Morgan fingerprint density at radius 3 is 2.61 bits per heavy atom. The molecule has 0 radical (unpaired) electrons. The molecule has 1 saturated heterocycles. The van der Waals surface area contributed by atoms with Crippen molar-refractivity contribution in [2.45, 2.75) is 25.7 Å². The van der Waals surface area contributed by atoms with Crippen LogP contribution in [-0.2, 0) is 0 Å². The largest absolute Gasteiger partial charge is 0.497 e. The number of rotatable bonds is 4. The van der Waals surface area contributed by atoms with Crippen molar-refractivity contribution < 1.29 is 9.53 Å². The molecule has 1 N–H and O–H groups in total. The monoisotopic (exact) mass is 375 g/mol. The molecule has 3 aromatic rings. The van der Waals surface area contributed by atoms with E-state index >= 15 is 0 Å². The summed E-state index contributed by atoms with van der Waals surface area (Å²) in [6.45, 7) is 3.55. The molecule has 1 aromatic heterocycles. The molecule has 1 aliphatic heterocycles. The Balaban J connectivity index is 1.47. The third-order valence-electron chi connectivity index (χ3n) is 5.54. The number of H-pyrrole nitrogens is 1. The zero-order chi connectivity index (χ0) is 19.5. The van der Waals surface area contributed by atoms with Crippen molar-refractivity contribution in [1.82, 2.24) is 15.1 Å². The number of aromatic amines is 1. The minimum absolute atomic E-state index is 0.121. The van der Waals surface area contributed by atoms with Gasteiger partial charge in [-0.15, -0.1) is 0 Å². The van der Waals surface area contributed by atoms with Crippen LogP contribution in [0.15, 0.2) is 54.7 Å². The molecule has 0 bridgehead atoms. The molecule has 1 amide bonds. The number of carbonyl (C=O) groups is 1. The van der Waals surface area contributed by atoms with Crippen LogP contribution < -0.4 is 4.74 Å². The first-order valence-electron chi connectivity index (χ1n) is 9.69. The third kappa shape index (κ3) is 3.65. The number of hydrogen-bond acceptors (Lipinski definition) is 3. The lowest BCUT2D eigenvalue weighted by molar-refractivity contribution is 0.0712. The number of hydrogen-bond donors (Lipinski definition) is 1. The van der Waals surface area contributed by atoms with Gasteiger partial charge in [-0.2, -0.15) is 5.10 Å². The summed E-state index contributed by atoms with van der Waals surface area (Å²) in [5.41, 5.74) is 5.29. The zero-order valence-electron chi connectivity index (χ0n) is 16.3. The average Bonchev–Trinajstić information content (AvgIpc) is 3.24. The fraction of sp³-hybridized carbons (Fsp3) is 0.304. The van der Waals surface area contributed by atoms with Crippen LogP contribution in [-0.4, -0.2) is 41.2 Å². The maximum absolute atomic E-state index is 12.8. The van der Waals surface area contributed by atoms with E-state index in [4.69, 9.17) is 4.74 Å². The van der Waals surface area contributed by atoms with Crippen LogP contribution in [0, 0.1) is 6.92 Å². The molecule has 0 aliphatic carbocycles. The summed E-state index contributed by atoms with van der Waals surface area (Å²) in [6.07, 6.45) is 3.74. The van der Waals surface area contributed by atoms with E-state index < -0.39 is 0 Å². The number of benzene rings is 2. The second-order valence-electron chi connectivity index (χ2n) is 7.36. The normalized spacial score (nSPS) is 14.9. The van der Waals surface area contributed by atoms with Gasteiger partial charge in [-0.25, -0.2) is 0 Å². The second kappa shape index (κ2) is 7.89. The SMILES string of the molecule is COc1cccc(-c2cn[nH]c2C2CCN(C(=O)c3ccc(C)cc3)CC2)c1. The Bertz CT molecular complexity index is 954. The second-order valence-corrected chi connectivity index (χ2v) is 7.36. The van der Waals surface area contributed by atoms with Crippen LogP contribution in [0.3, 0.4) is 0 Å². The van der Waals surface area contributed by atoms with Crippen LogP contribution in [0.1, 0.15) is 40.4 Å². The van der Waals surface area contributed by atoms with Gasteiger partial charge in [0, 0.05) is 35.8 Å². The fourth-order valence-corrected chi connectivity index (χ4v) is 3.88. The summed E-state index contributed by atoms with van der Waals surface area (Å²) >= 11 is 0. The number of methoxy groups -OCH3 is 1. The van der Waals surface area contributed by atoms with E-state index in [1.165, 1.54) is 5.56 Å². The maximum Gasteiger partial charge on any atom is 0.253 e. The quantitative estimate of drug-likeness (QED) is 0.735. The van der Waals surface area contributed by atoms with E-state index in [2.05, 4.69) is 16.3 Å². The number of carbonyl (C=O) groups excluding carboxylic acids is 1. The summed E-state index contributed by atoms with van der Waals surface area (Å²) in [5, 5.41) is 7.49. The van der Waals surface area contributed by atoms with Crippen molar-refractivity contribution in [2.24, 2.45) is 0 Å². The molecule has 2 heterocycles. The van der Waals surface area contributed by atoms with Gasteiger partial charge in [0.1, 0.15) is 5.75 Å². The lowest BCUT2D eigenvalue weighted by atomic mass is 9.89. The number of aryl methyl sites for hydroxylation is 1. The van der Waals surface area contributed by atoms with Crippen LogP contribution in [0.2, 0.25) is 0 Å². The average molecular weight is 375 g/mol. The van der Waals surface area contributed by atoms with E-state index in [0.29, 0.717) is 5.92 Å². The van der Waals surface area contributed by atoms with Gasteiger partial charge in [-0.1, -0.05) is 29.8 Å². The number of piperidine rings is 1. The van der Waals surface area contributed by atoms with Crippen LogP contribution >= 0.6 is 0 Å². The van der Waals surface area contributed by atoms with Crippen molar-refractivity contribution in [3.63, 3.8) is 0 Å². The molecule has 2 aromatic carbocycles. The van der Waals surface area contributed by atoms with Crippen molar-refractivity contribution in [1.29, 1.82) is 0 Å². The molecule has 0 saturated carbocycles. The lowest BCUT2D eigenvalue weighted by Gasteiger charge is -2.32.